The molecule has 0 unspecified atom stereocenters. The predicted molar refractivity (Wildman–Crippen MR) is 148 cm³/mol. The molecule has 35 heavy (non-hydrogen) atoms. The Kier molecular flexibility index (Phi) is 13.1. The number of ether oxygens (including phenoxy) is 3. The Morgan fingerprint density at radius 2 is 1.60 bits per heavy atom. The first-order chi connectivity index (χ1) is 16.8. The summed E-state index contributed by atoms with van der Waals surface area (Å²) in [6, 6.07) is 20.2. The molecular weight excluding hydrogens is 452 g/mol. The maximum atomic E-state index is 12.5. The lowest BCUT2D eigenvalue weighted by molar-refractivity contribution is -0.0665. The monoisotopic (exact) mass is 492 g/mol. The number of hydrogen-bond acceptors (Lipinski definition) is 4. The van der Waals surface area contributed by atoms with Crippen molar-refractivity contribution in [3.63, 3.8) is 0 Å². The second kappa shape index (κ2) is 16.0. The van der Waals surface area contributed by atoms with Crippen molar-refractivity contribution < 1.29 is 19.0 Å². The molecule has 0 spiro atoms. The normalized spacial score (nSPS) is 14.1. The first-order valence-corrected chi connectivity index (χ1v) is 16.0. The maximum absolute atomic E-state index is 12.5. The molecule has 5 heteroatoms. The van der Waals surface area contributed by atoms with Gasteiger partial charge < -0.3 is 14.2 Å². The highest BCUT2D eigenvalue weighted by Crippen LogP contribution is 2.12. The average molecular weight is 493 g/mol. The molecule has 4 nitrogen and oxygen atoms in total. The van der Waals surface area contributed by atoms with Gasteiger partial charge in [-0.3, -0.25) is 0 Å². The molecule has 0 aliphatic carbocycles. The van der Waals surface area contributed by atoms with Gasteiger partial charge in [0.05, 0.1) is 11.7 Å². The van der Waals surface area contributed by atoms with E-state index in [0.29, 0.717) is 18.8 Å². The maximum Gasteiger partial charge on any atom is 0.338 e. The molecular formula is C30H40O4Si. The molecule has 0 saturated heterocycles. The van der Waals surface area contributed by atoms with E-state index >= 15 is 0 Å². The summed E-state index contributed by atoms with van der Waals surface area (Å²) in [7, 11) is -1.06. The first-order valence-electron chi connectivity index (χ1n) is 12.3. The molecule has 2 atom stereocenters. The van der Waals surface area contributed by atoms with E-state index in [1.807, 2.05) is 79.8 Å². The molecule has 0 aliphatic rings. The fourth-order valence-electron chi connectivity index (χ4n) is 3.05. The van der Waals surface area contributed by atoms with Gasteiger partial charge in [-0.05, 0) is 43.2 Å². The number of rotatable bonds is 15. The van der Waals surface area contributed by atoms with Gasteiger partial charge in [0, 0.05) is 21.1 Å². The van der Waals surface area contributed by atoms with E-state index in [-0.39, 0.29) is 18.2 Å². The van der Waals surface area contributed by atoms with Gasteiger partial charge in [0.15, 0.2) is 0 Å². The largest absolute Gasteiger partial charge is 0.454 e. The van der Waals surface area contributed by atoms with Gasteiger partial charge in [0.2, 0.25) is 0 Å². The van der Waals surface area contributed by atoms with Crippen molar-refractivity contribution in [2.45, 2.75) is 57.7 Å². The standard InChI is InChI=1S/C30H40O4Si/c1-26(33-25-32-23-24-35(2,3)4)15-9-5-6-14-20-29(22-21-27-16-10-7-11-17-27)34-30(31)28-18-12-8-13-19-28/h6-19,21-22,26,29H,5,20,23-25H2,1-4H3/b14-6+,15-9-,22-21+/t26-,29+/m1/s1. The summed E-state index contributed by atoms with van der Waals surface area (Å²) in [5, 5.41) is 0. The Morgan fingerprint density at radius 3 is 2.29 bits per heavy atom. The minimum Gasteiger partial charge on any atom is -0.454 e. The highest BCUT2D eigenvalue weighted by atomic mass is 28.3. The lowest BCUT2D eigenvalue weighted by atomic mass is 10.1. The molecule has 0 saturated carbocycles. The van der Waals surface area contributed by atoms with Gasteiger partial charge in [-0.25, -0.2) is 4.79 Å². The number of benzene rings is 2. The van der Waals surface area contributed by atoms with Crippen molar-refractivity contribution in [2.75, 3.05) is 13.4 Å². The lowest BCUT2D eigenvalue weighted by Gasteiger charge is -2.16. The highest BCUT2D eigenvalue weighted by molar-refractivity contribution is 6.76. The molecule has 0 amide bonds. The summed E-state index contributed by atoms with van der Waals surface area (Å²) >= 11 is 0. The van der Waals surface area contributed by atoms with Gasteiger partial charge in [0.25, 0.3) is 0 Å². The van der Waals surface area contributed by atoms with Crippen LogP contribution in [0.3, 0.4) is 0 Å². The summed E-state index contributed by atoms with van der Waals surface area (Å²) in [6.07, 6.45) is 13.2. The molecule has 188 valence electrons. The van der Waals surface area contributed by atoms with Gasteiger partial charge >= 0.3 is 5.97 Å². The van der Waals surface area contributed by atoms with Gasteiger partial charge in [-0.2, -0.15) is 0 Å². The van der Waals surface area contributed by atoms with Crippen LogP contribution >= 0.6 is 0 Å². The minimum absolute atomic E-state index is 0.00339. The van der Waals surface area contributed by atoms with Crippen molar-refractivity contribution in [3.05, 3.63) is 102 Å². The van der Waals surface area contributed by atoms with Crippen molar-refractivity contribution in [1.82, 2.24) is 0 Å². The second-order valence-corrected chi connectivity index (χ2v) is 15.3. The SMILES string of the molecule is C[C@H](/C=C\C/C=C/C[C@@H](/C=C/c1ccccc1)OC(=O)c1ccccc1)OCOCC[Si](C)(C)C. The number of carbonyl (C=O) groups is 1. The summed E-state index contributed by atoms with van der Waals surface area (Å²) < 4.78 is 17.0. The van der Waals surface area contributed by atoms with Gasteiger partial charge in [0.1, 0.15) is 12.9 Å². The van der Waals surface area contributed by atoms with Crippen LogP contribution in [0.1, 0.15) is 35.7 Å². The number of hydrogen-bond donors (Lipinski definition) is 0. The van der Waals surface area contributed by atoms with Crippen LogP contribution in [0, 0.1) is 0 Å². The summed E-state index contributed by atoms with van der Waals surface area (Å²) in [5.74, 6) is -0.320. The van der Waals surface area contributed by atoms with Crippen molar-refractivity contribution in [2.24, 2.45) is 0 Å². The van der Waals surface area contributed by atoms with Crippen LogP contribution < -0.4 is 0 Å². The molecule has 0 radical (unpaired) electrons. The quantitative estimate of drug-likeness (QED) is 0.0847. The molecule has 0 aromatic heterocycles. The Morgan fingerprint density at radius 1 is 0.914 bits per heavy atom. The second-order valence-electron chi connectivity index (χ2n) is 9.66. The molecule has 2 rings (SSSR count). The topological polar surface area (TPSA) is 44.8 Å². The van der Waals surface area contributed by atoms with Crippen LogP contribution in [-0.2, 0) is 14.2 Å². The molecule has 2 aromatic rings. The van der Waals surface area contributed by atoms with Gasteiger partial charge in [-0.15, -0.1) is 0 Å². The summed E-state index contributed by atoms with van der Waals surface area (Å²) in [5.41, 5.74) is 1.62. The van der Waals surface area contributed by atoms with E-state index in [1.165, 1.54) is 0 Å². The van der Waals surface area contributed by atoms with Crippen molar-refractivity contribution in [3.8, 4) is 0 Å². The summed E-state index contributed by atoms with van der Waals surface area (Å²) in [4.78, 5) is 12.5. The first kappa shape index (κ1) is 28.5. The summed E-state index contributed by atoms with van der Waals surface area (Å²) in [6.45, 7) is 10.1. The van der Waals surface area contributed by atoms with Crippen molar-refractivity contribution in [1.29, 1.82) is 0 Å². The zero-order chi connectivity index (χ0) is 25.4. The fourth-order valence-corrected chi connectivity index (χ4v) is 3.81. The van der Waals surface area contributed by atoms with Crippen molar-refractivity contribution >= 4 is 20.1 Å². The van der Waals surface area contributed by atoms with E-state index in [9.17, 15) is 4.79 Å². The Hall–Kier alpha value is -2.73. The van der Waals surface area contributed by atoms with Crippen LogP contribution in [0.15, 0.2) is 91.0 Å². The molecule has 0 heterocycles. The zero-order valence-electron chi connectivity index (χ0n) is 21.6. The Labute approximate surface area is 212 Å². The van der Waals surface area contributed by atoms with E-state index in [2.05, 4.69) is 31.8 Å². The zero-order valence-corrected chi connectivity index (χ0v) is 22.6. The van der Waals surface area contributed by atoms with E-state index in [1.54, 1.807) is 12.1 Å². The smallest absolute Gasteiger partial charge is 0.338 e. The highest BCUT2D eigenvalue weighted by Gasteiger charge is 2.13. The van der Waals surface area contributed by atoms with Gasteiger partial charge in [-0.1, -0.05) is 98.6 Å². The minimum atomic E-state index is -1.06. The van der Waals surface area contributed by atoms with Crippen LogP contribution in [0.4, 0.5) is 0 Å². The fraction of sp³-hybridized carbons (Fsp3) is 0.367. The van der Waals surface area contributed by atoms with E-state index in [4.69, 9.17) is 14.2 Å². The van der Waals surface area contributed by atoms with E-state index < -0.39 is 8.07 Å². The third-order valence-corrected chi connectivity index (χ3v) is 6.90. The number of allylic oxidation sites excluding steroid dienone is 2. The van der Waals surface area contributed by atoms with Crippen LogP contribution in [0.2, 0.25) is 25.7 Å². The lowest BCUT2D eigenvalue weighted by Crippen LogP contribution is -2.22. The average Bonchev–Trinajstić information content (AvgIpc) is 2.84. The third kappa shape index (κ3) is 13.7. The number of carbonyl (C=O) groups excluding carboxylic acids is 1. The predicted octanol–water partition coefficient (Wildman–Crippen LogP) is 7.54. The molecule has 0 N–H and O–H groups in total. The molecule has 0 aliphatic heterocycles. The Balaban J connectivity index is 1.79. The number of esters is 1. The Bertz CT molecular complexity index is 930. The molecule has 2 aromatic carbocycles. The van der Waals surface area contributed by atoms with Crippen LogP contribution in [0.5, 0.6) is 0 Å². The van der Waals surface area contributed by atoms with Crippen LogP contribution in [-0.4, -0.2) is 39.7 Å². The van der Waals surface area contributed by atoms with Crippen LogP contribution in [0.25, 0.3) is 6.08 Å². The van der Waals surface area contributed by atoms with E-state index in [0.717, 1.165) is 24.6 Å². The molecule has 0 bridgehead atoms. The molecule has 0 fully saturated rings. The third-order valence-electron chi connectivity index (χ3n) is 5.20.